The van der Waals surface area contributed by atoms with Crippen LogP contribution < -0.4 is 14.8 Å². The molecule has 0 radical (unpaired) electrons. The van der Waals surface area contributed by atoms with Gasteiger partial charge in [0.15, 0.2) is 0 Å². The third-order valence-electron chi connectivity index (χ3n) is 2.85. The van der Waals surface area contributed by atoms with Crippen LogP contribution in [0.25, 0.3) is 0 Å². The molecule has 0 aliphatic rings. The maximum Gasteiger partial charge on any atom is 0.255 e. The summed E-state index contributed by atoms with van der Waals surface area (Å²) < 4.78 is 10.8. The van der Waals surface area contributed by atoms with Gasteiger partial charge in [0.1, 0.15) is 0 Å². The number of carbonyl (C=O) groups excluding carboxylic acids is 1. The molecule has 0 fully saturated rings. The third kappa shape index (κ3) is 5.25. The fourth-order valence-electron chi connectivity index (χ4n) is 1.77. The van der Waals surface area contributed by atoms with Gasteiger partial charge in [-0.15, -0.1) is 0 Å². The van der Waals surface area contributed by atoms with Crippen molar-refractivity contribution in [1.82, 2.24) is 9.97 Å². The van der Waals surface area contributed by atoms with Crippen molar-refractivity contribution in [1.29, 1.82) is 0 Å². The van der Waals surface area contributed by atoms with E-state index in [-0.39, 0.29) is 5.91 Å². The highest BCUT2D eigenvalue weighted by Gasteiger charge is 2.08. The highest BCUT2D eigenvalue weighted by Crippen LogP contribution is 2.15. The molecule has 2 rings (SSSR count). The molecule has 2 aromatic rings. The van der Waals surface area contributed by atoms with Crippen molar-refractivity contribution in [3.05, 3.63) is 42.2 Å². The van der Waals surface area contributed by atoms with Crippen molar-refractivity contribution < 1.29 is 14.3 Å². The van der Waals surface area contributed by atoms with Crippen LogP contribution in [-0.2, 0) is 0 Å². The number of aromatic nitrogens is 2. The first-order valence-electron chi connectivity index (χ1n) is 7.57. The van der Waals surface area contributed by atoms with Crippen molar-refractivity contribution in [3.63, 3.8) is 0 Å². The van der Waals surface area contributed by atoms with Gasteiger partial charge in [-0.1, -0.05) is 13.8 Å². The number of pyridine rings is 2. The summed E-state index contributed by atoms with van der Waals surface area (Å²) in [6.45, 7) is 7.11. The lowest BCUT2D eigenvalue weighted by Crippen LogP contribution is -2.12. The van der Waals surface area contributed by atoms with Crippen molar-refractivity contribution >= 4 is 11.6 Å². The Bertz CT molecular complexity index is 642. The maximum absolute atomic E-state index is 12.2. The molecular formula is C17H21N3O3. The molecule has 122 valence electrons. The van der Waals surface area contributed by atoms with Crippen LogP contribution in [0.15, 0.2) is 36.7 Å². The molecular weight excluding hydrogens is 294 g/mol. The van der Waals surface area contributed by atoms with Crippen LogP contribution in [0.1, 0.15) is 31.1 Å². The molecule has 0 atom stereocenters. The van der Waals surface area contributed by atoms with Crippen molar-refractivity contribution in [2.45, 2.75) is 20.8 Å². The number of ether oxygens (including phenoxy) is 2. The van der Waals surface area contributed by atoms with E-state index in [4.69, 9.17) is 9.47 Å². The molecule has 0 unspecified atom stereocenters. The number of nitrogens with one attached hydrogen (secondary N) is 1. The SMILES string of the molecule is CCOc1cc(C(=O)Nc2ccc(OCC(C)C)nc2)ccn1. The van der Waals surface area contributed by atoms with Crippen molar-refractivity contribution in [2.75, 3.05) is 18.5 Å². The van der Waals surface area contributed by atoms with E-state index < -0.39 is 0 Å². The first-order valence-corrected chi connectivity index (χ1v) is 7.57. The number of nitrogens with zero attached hydrogens (tertiary/aromatic N) is 2. The van der Waals surface area contributed by atoms with E-state index in [0.29, 0.717) is 42.1 Å². The Kier molecular flexibility index (Phi) is 5.91. The number of hydrogen-bond acceptors (Lipinski definition) is 5. The van der Waals surface area contributed by atoms with Gasteiger partial charge < -0.3 is 14.8 Å². The van der Waals surface area contributed by atoms with E-state index in [9.17, 15) is 4.79 Å². The van der Waals surface area contributed by atoms with Gasteiger partial charge >= 0.3 is 0 Å². The number of anilines is 1. The van der Waals surface area contributed by atoms with Crippen LogP contribution in [0, 0.1) is 5.92 Å². The number of carbonyl (C=O) groups is 1. The van der Waals surface area contributed by atoms with Crippen LogP contribution in [0.4, 0.5) is 5.69 Å². The van der Waals surface area contributed by atoms with Gasteiger partial charge in [0.25, 0.3) is 5.91 Å². The zero-order valence-corrected chi connectivity index (χ0v) is 13.6. The Balaban J connectivity index is 1.98. The minimum atomic E-state index is -0.244. The Labute approximate surface area is 135 Å². The van der Waals surface area contributed by atoms with Gasteiger partial charge in [-0.05, 0) is 25.0 Å². The van der Waals surface area contributed by atoms with Crippen LogP contribution in [0.2, 0.25) is 0 Å². The molecule has 0 aliphatic carbocycles. The zero-order chi connectivity index (χ0) is 16.7. The average molecular weight is 315 g/mol. The normalized spacial score (nSPS) is 10.4. The second-order valence-corrected chi connectivity index (χ2v) is 5.36. The molecule has 0 saturated heterocycles. The minimum absolute atomic E-state index is 0.244. The molecule has 0 aromatic carbocycles. The second-order valence-electron chi connectivity index (χ2n) is 5.36. The molecule has 1 N–H and O–H groups in total. The summed E-state index contributed by atoms with van der Waals surface area (Å²) in [7, 11) is 0. The van der Waals surface area contributed by atoms with Gasteiger partial charge in [0.2, 0.25) is 11.8 Å². The van der Waals surface area contributed by atoms with Crippen molar-refractivity contribution in [2.24, 2.45) is 5.92 Å². The molecule has 23 heavy (non-hydrogen) atoms. The second kappa shape index (κ2) is 8.12. The summed E-state index contributed by atoms with van der Waals surface area (Å²) >= 11 is 0. The highest BCUT2D eigenvalue weighted by molar-refractivity contribution is 6.04. The number of amides is 1. The van der Waals surface area contributed by atoms with Crippen LogP contribution >= 0.6 is 0 Å². The van der Waals surface area contributed by atoms with Gasteiger partial charge in [0.05, 0.1) is 25.1 Å². The Morgan fingerprint density at radius 2 is 2.00 bits per heavy atom. The largest absolute Gasteiger partial charge is 0.478 e. The van der Waals surface area contributed by atoms with E-state index in [0.717, 1.165) is 0 Å². The predicted octanol–water partition coefficient (Wildman–Crippen LogP) is 3.16. The van der Waals surface area contributed by atoms with E-state index in [2.05, 4.69) is 29.1 Å². The lowest BCUT2D eigenvalue weighted by atomic mass is 10.2. The molecule has 2 aromatic heterocycles. The topological polar surface area (TPSA) is 73.3 Å². The quantitative estimate of drug-likeness (QED) is 0.849. The lowest BCUT2D eigenvalue weighted by Gasteiger charge is -2.09. The molecule has 6 nitrogen and oxygen atoms in total. The summed E-state index contributed by atoms with van der Waals surface area (Å²) in [5, 5.41) is 2.78. The molecule has 6 heteroatoms. The molecule has 0 saturated carbocycles. The molecule has 0 bridgehead atoms. The van der Waals surface area contributed by atoms with Gasteiger partial charge in [-0.3, -0.25) is 4.79 Å². The third-order valence-corrected chi connectivity index (χ3v) is 2.85. The molecule has 0 spiro atoms. The van der Waals surface area contributed by atoms with Gasteiger partial charge in [0, 0.05) is 23.9 Å². The van der Waals surface area contributed by atoms with Crippen LogP contribution in [0.5, 0.6) is 11.8 Å². The molecule has 1 amide bonds. The highest BCUT2D eigenvalue weighted by atomic mass is 16.5. The monoisotopic (exact) mass is 315 g/mol. The Hall–Kier alpha value is -2.63. The van der Waals surface area contributed by atoms with Crippen LogP contribution in [-0.4, -0.2) is 29.1 Å². The molecule has 0 aliphatic heterocycles. The smallest absolute Gasteiger partial charge is 0.255 e. The lowest BCUT2D eigenvalue weighted by molar-refractivity contribution is 0.102. The van der Waals surface area contributed by atoms with E-state index in [1.807, 2.05) is 6.92 Å². The maximum atomic E-state index is 12.2. The summed E-state index contributed by atoms with van der Waals surface area (Å²) in [4.78, 5) is 20.4. The minimum Gasteiger partial charge on any atom is -0.478 e. The van der Waals surface area contributed by atoms with Gasteiger partial charge in [-0.2, -0.15) is 0 Å². The van der Waals surface area contributed by atoms with E-state index in [1.165, 1.54) is 0 Å². The number of rotatable bonds is 7. The van der Waals surface area contributed by atoms with Gasteiger partial charge in [-0.25, -0.2) is 9.97 Å². The first kappa shape index (κ1) is 16.7. The van der Waals surface area contributed by atoms with Crippen LogP contribution in [0.3, 0.4) is 0 Å². The molecule has 2 heterocycles. The summed E-state index contributed by atoms with van der Waals surface area (Å²) in [6.07, 6.45) is 3.11. The average Bonchev–Trinajstić information content (AvgIpc) is 2.55. The summed E-state index contributed by atoms with van der Waals surface area (Å²) in [5.74, 6) is 1.16. The Morgan fingerprint density at radius 3 is 2.65 bits per heavy atom. The predicted molar refractivity (Wildman–Crippen MR) is 87.9 cm³/mol. The first-order chi connectivity index (χ1) is 11.1. The summed E-state index contributed by atoms with van der Waals surface area (Å²) in [5.41, 5.74) is 1.07. The summed E-state index contributed by atoms with van der Waals surface area (Å²) in [6, 6.07) is 6.72. The Morgan fingerprint density at radius 1 is 1.17 bits per heavy atom. The fraction of sp³-hybridized carbons (Fsp3) is 0.353. The van der Waals surface area contributed by atoms with E-state index in [1.54, 1.807) is 36.7 Å². The zero-order valence-electron chi connectivity index (χ0n) is 13.6. The van der Waals surface area contributed by atoms with E-state index >= 15 is 0 Å². The standard InChI is InChI=1S/C17H21N3O3/c1-4-22-16-9-13(7-8-18-16)17(21)20-14-5-6-15(19-10-14)23-11-12(2)3/h5-10,12H,4,11H2,1-3H3,(H,20,21). The fourth-order valence-corrected chi connectivity index (χ4v) is 1.77. The number of hydrogen-bond donors (Lipinski definition) is 1. The van der Waals surface area contributed by atoms with Crippen molar-refractivity contribution in [3.8, 4) is 11.8 Å².